The maximum atomic E-state index is 12.5. The molecule has 23 heavy (non-hydrogen) atoms. The average Bonchev–Trinajstić information content (AvgIpc) is 3.08. The number of hydrogen-bond donors (Lipinski definition) is 2. The standard InChI is InChI=1S/C18H26N2O3/c21-13-16-7-10-20(12-17(16)22)18(23)15-5-3-14(4-6-15)11-19-8-1-2-9-19/h3-6,16-17,21-22H,1-2,7-13H2/t16-,17-/m1/s1. The van der Waals surface area contributed by atoms with Gasteiger partial charge in [-0.25, -0.2) is 0 Å². The number of hydrogen-bond acceptors (Lipinski definition) is 4. The Labute approximate surface area is 137 Å². The van der Waals surface area contributed by atoms with Crippen molar-refractivity contribution in [2.75, 3.05) is 32.8 Å². The molecule has 1 amide bonds. The van der Waals surface area contributed by atoms with E-state index in [0.29, 0.717) is 25.1 Å². The van der Waals surface area contributed by atoms with Crippen LogP contribution in [0.15, 0.2) is 24.3 Å². The van der Waals surface area contributed by atoms with E-state index in [2.05, 4.69) is 4.90 Å². The van der Waals surface area contributed by atoms with Gasteiger partial charge in [0.15, 0.2) is 0 Å². The van der Waals surface area contributed by atoms with Crippen molar-refractivity contribution < 1.29 is 15.0 Å². The predicted molar refractivity (Wildman–Crippen MR) is 88.1 cm³/mol. The molecule has 2 N–H and O–H groups in total. The number of aliphatic hydroxyl groups is 2. The Morgan fingerprint density at radius 1 is 1.13 bits per heavy atom. The lowest BCUT2D eigenvalue weighted by atomic mass is 9.94. The molecule has 0 aliphatic carbocycles. The van der Waals surface area contributed by atoms with E-state index in [9.17, 15) is 15.0 Å². The minimum atomic E-state index is -0.632. The van der Waals surface area contributed by atoms with Crippen LogP contribution < -0.4 is 0 Å². The number of β-amino-alcohol motifs (C(OH)–C–C–N with tert-alkyl or cyclic N) is 1. The number of nitrogens with zero attached hydrogens (tertiary/aromatic N) is 2. The van der Waals surface area contributed by atoms with Crippen molar-refractivity contribution in [2.45, 2.75) is 31.9 Å². The van der Waals surface area contributed by atoms with Crippen molar-refractivity contribution in [1.82, 2.24) is 9.80 Å². The number of aliphatic hydroxyl groups excluding tert-OH is 2. The van der Waals surface area contributed by atoms with Crippen LogP contribution in [0.4, 0.5) is 0 Å². The minimum absolute atomic E-state index is 0.0195. The number of carbonyl (C=O) groups excluding carboxylic acids is 1. The summed E-state index contributed by atoms with van der Waals surface area (Å²) in [5.74, 6) is -0.143. The number of piperidine rings is 1. The first-order chi connectivity index (χ1) is 11.2. The molecule has 3 rings (SSSR count). The Hall–Kier alpha value is -1.43. The van der Waals surface area contributed by atoms with Gasteiger partial charge in [0, 0.05) is 37.7 Å². The smallest absolute Gasteiger partial charge is 0.253 e. The molecule has 2 aliphatic rings. The Morgan fingerprint density at radius 2 is 1.83 bits per heavy atom. The van der Waals surface area contributed by atoms with Crippen LogP contribution in [0.1, 0.15) is 35.2 Å². The molecule has 0 aromatic heterocycles. The molecule has 2 heterocycles. The third kappa shape index (κ3) is 3.91. The maximum Gasteiger partial charge on any atom is 0.253 e. The molecule has 0 unspecified atom stereocenters. The van der Waals surface area contributed by atoms with E-state index in [-0.39, 0.29) is 18.4 Å². The van der Waals surface area contributed by atoms with Crippen molar-refractivity contribution in [3.63, 3.8) is 0 Å². The molecular formula is C18H26N2O3. The first-order valence-corrected chi connectivity index (χ1v) is 8.57. The third-order valence-corrected chi connectivity index (χ3v) is 5.05. The van der Waals surface area contributed by atoms with Crippen molar-refractivity contribution in [1.29, 1.82) is 0 Å². The van der Waals surface area contributed by atoms with Gasteiger partial charge in [-0.1, -0.05) is 12.1 Å². The molecule has 2 saturated heterocycles. The van der Waals surface area contributed by atoms with Crippen LogP contribution in [0.2, 0.25) is 0 Å². The molecule has 126 valence electrons. The van der Waals surface area contributed by atoms with E-state index in [4.69, 9.17) is 0 Å². The maximum absolute atomic E-state index is 12.5. The first-order valence-electron chi connectivity index (χ1n) is 8.57. The van der Waals surface area contributed by atoms with Gasteiger partial charge in [-0.2, -0.15) is 0 Å². The van der Waals surface area contributed by atoms with Gasteiger partial charge in [0.2, 0.25) is 0 Å². The Morgan fingerprint density at radius 3 is 2.43 bits per heavy atom. The molecule has 0 saturated carbocycles. The van der Waals surface area contributed by atoms with E-state index in [0.717, 1.165) is 6.54 Å². The number of benzene rings is 1. The van der Waals surface area contributed by atoms with E-state index in [1.165, 1.54) is 31.5 Å². The van der Waals surface area contributed by atoms with E-state index < -0.39 is 6.10 Å². The fourth-order valence-corrected chi connectivity index (χ4v) is 3.51. The van der Waals surface area contributed by atoms with Gasteiger partial charge in [0.1, 0.15) is 0 Å². The summed E-state index contributed by atoms with van der Waals surface area (Å²) in [6.07, 6.45) is 2.58. The number of amides is 1. The Kier molecular flexibility index (Phi) is 5.30. The molecular weight excluding hydrogens is 292 g/mol. The van der Waals surface area contributed by atoms with Crippen molar-refractivity contribution >= 4 is 5.91 Å². The topological polar surface area (TPSA) is 64.0 Å². The van der Waals surface area contributed by atoms with Crippen LogP contribution >= 0.6 is 0 Å². The van der Waals surface area contributed by atoms with Gasteiger partial charge in [-0.05, 0) is 50.0 Å². The summed E-state index contributed by atoms with van der Waals surface area (Å²) in [4.78, 5) is 16.7. The van der Waals surface area contributed by atoms with E-state index >= 15 is 0 Å². The number of carbonyl (C=O) groups is 1. The van der Waals surface area contributed by atoms with Crippen LogP contribution in [0.3, 0.4) is 0 Å². The average molecular weight is 318 g/mol. The summed E-state index contributed by atoms with van der Waals surface area (Å²) in [6.45, 7) is 4.16. The summed E-state index contributed by atoms with van der Waals surface area (Å²) in [5, 5.41) is 19.2. The zero-order valence-electron chi connectivity index (χ0n) is 13.5. The lowest BCUT2D eigenvalue weighted by Crippen LogP contribution is -2.47. The largest absolute Gasteiger partial charge is 0.396 e. The van der Waals surface area contributed by atoms with E-state index in [1.54, 1.807) is 4.90 Å². The fourth-order valence-electron chi connectivity index (χ4n) is 3.51. The summed E-state index contributed by atoms with van der Waals surface area (Å²) >= 11 is 0. The first kappa shape index (κ1) is 16.4. The number of rotatable bonds is 4. The second kappa shape index (κ2) is 7.43. The third-order valence-electron chi connectivity index (χ3n) is 5.05. The molecule has 5 heteroatoms. The van der Waals surface area contributed by atoms with Gasteiger partial charge in [0.05, 0.1) is 6.10 Å². The van der Waals surface area contributed by atoms with Gasteiger partial charge in [-0.15, -0.1) is 0 Å². The van der Waals surface area contributed by atoms with Crippen molar-refractivity contribution in [3.8, 4) is 0 Å². The van der Waals surface area contributed by atoms with Gasteiger partial charge < -0.3 is 15.1 Å². The monoisotopic (exact) mass is 318 g/mol. The Bertz CT molecular complexity index is 526. The van der Waals surface area contributed by atoms with Crippen LogP contribution in [-0.4, -0.2) is 64.8 Å². The molecule has 5 nitrogen and oxygen atoms in total. The highest BCUT2D eigenvalue weighted by Gasteiger charge is 2.30. The highest BCUT2D eigenvalue weighted by Crippen LogP contribution is 2.20. The van der Waals surface area contributed by atoms with Crippen molar-refractivity contribution in [2.24, 2.45) is 5.92 Å². The zero-order chi connectivity index (χ0) is 16.2. The molecule has 0 spiro atoms. The molecule has 1 aromatic rings. The minimum Gasteiger partial charge on any atom is -0.396 e. The van der Waals surface area contributed by atoms with Crippen LogP contribution in [0.5, 0.6) is 0 Å². The fraction of sp³-hybridized carbons (Fsp3) is 0.611. The lowest BCUT2D eigenvalue weighted by molar-refractivity contribution is 0.000876. The van der Waals surface area contributed by atoms with Gasteiger partial charge in [0.25, 0.3) is 5.91 Å². The summed E-state index contributed by atoms with van der Waals surface area (Å²) in [6, 6.07) is 7.83. The molecule has 0 radical (unpaired) electrons. The SMILES string of the molecule is O=C(c1ccc(CN2CCCC2)cc1)N1CC[C@H](CO)[C@H](O)C1. The van der Waals surface area contributed by atoms with Gasteiger partial charge >= 0.3 is 0 Å². The molecule has 2 atom stereocenters. The normalized spacial score (nSPS) is 25.7. The quantitative estimate of drug-likeness (QED) is 0.872. The summed E-state index contributed by atoms with van der Waals surface area (Å²) in [5.41, 5.74) is 1.91. The van der Waals surface area contributed by atoms with Gasteiger partial charge in [-0.3, -0.25) is 9.69 Å². The molecule has 2 fully saturated rings. The molecule has 0 bridgehead atoms. The van der Waals surface area contributed by atoms with Crippen LogP contribution in [0.25, 0.3) is 0 Å². The highest BCUT2D eigenvalue weighted by molar-refractivity contribution is 5.94. The van der Waals surface area contributed by atoms with Crippen LogP contribution in [0, 0.1) is 5.92 Å². The molecule has 1 aromatic carbocycles. The predicted octanol–water partition coefficient (Wildman–Crippen LogP) is 1.10. The summed E-state index contributed by atoms with van der Waals surface area (Å²) < 4.78 is 0. The second-order valence-corrected chi connectivity index (χ2v) is 6.73. The Balaban J connectivity index is 1.59. The number of likely N-dealkylation sites (tertiary alicyclic amines) is 2. The highest BCUT2D eigenvalue weighted by atomic mass is 16.3. The van der Waals surface area contributed by atoms with Crippen molar-refractivity contribution in [3.05, 3.63) is 35.4 Å². The lowest BCUT2D eigenvalue weighted by Gasteiger charge is -2.35. The zero-order valence-corrected chi connectivity index (χ0v) is 13.5. The second-order valence-electron chi connectivity index (χ2n) is 6.73. The van der Waals surface area contributed by atoms with Crippen LogP contribution in [-0.2, 0) is 6.54 Å². The van der Waals surface area contributed by atoms with E-state index in [1.807, 2.05) is 24.3 Å². The summed E-state index contributed by atoms with van der Waals surface area (Å²) in [7, 11) is 0. The molecule has 2 aliphatic heterocycles.